The van der Waals surface area contributed by atoms with E-state index in [0.29, 0.717) is 0 Å². The zero-order valence-corrected chi connectivity index (χ0v) is 13.5. The fourth-order valence-corrected chi connectivity index (χ4v) is 3.31. The Morgan fingerprint density at radius 3 is 2.52 bits per heavy atom. The molecule has 23 heavy (non-hydrogen) atoms. The first-order valence-electron chi connectivity index (χ1n) is 8.22. The minimum absolute atomic E-state index is 0.865. The van der Waals surface area contributed by atoms with Crippen LogP contribution in [-0.4, -0.2) is 47.7 Å². The Bertz CT molecular complexity index is 785. The van der Waals surface area contributed by atoms with E-state index in [-0.39, 0.29) is 0 Å². The maximum absolute atomic E-state index is 4.63. The van der Waals surface area contributed by atoms with Gasteiger partial charge in [0.25, 0.3) is 0 Å². The number of nitrogens with zero attached hydrogens (tertiary/aromatic N) is 4. The van der Waals surface area contributed by atoms with Gasteiger partial charge in [-0.3, -0.25) is 0 Å². The third-order valence-corrected chi connectivity index (χ3v) is 4.68. The van der Waals surface area contributed by atoms with Crippen molar-refractivity contribution >= 4 is 16.7 Å². The lowest BCUT2D eigenvalue weighted by Crippen LogP contribution is -2.44. The van der Waals surface area contributed by atoms with Crippen molar-refractivity contribution in [3.8, 4) is 0 Å². The number of aromatic nitrogens is 2. The van der Waals surface area contributed by atoms with Gasteiger partial charge < -0.3 is 14.4 Å². The predicted octanol–water partition coefficient (Wildman–Crippen LogP) is 2.84. The molecule has 3 heterocycles. The maximum Gasteiger partial charge on any atom is 0.142 e. The molecule has 0 radical (unpaired) electrons. The quantitative estimate of drug-likeness (QED) is 0.744. The molecule has 0 atom stereocenters. The summed E-state index contributed by atoms with van der Waals surface area (Å²) in [6, 6.07) is 14.9. The Balaban J connectivity index is 1.66. The summed E-state index contributed by atoms with van der Waals surface area (Å²) in [5.74, 6) is 0. The molecule has 4 nitrogen and oxygen atoms in total. The van der Waals surface area contributed by atoms with Crippen LogP contribution in [0.1, 0.15) is 5.56 Å². The van der Waals surface area contributed by atoms with E-state index in [1.807, 2.05) is 6.20 Å². The molecule has 1 saturated heterocycles. The molecule has 0 spiro atoms. The number of hydrogen-bond acceptors (Lipinski definition) is 3. The third-order valence-electron chi connectivity index (χ3n) is 4.68. The van der Waals surface area contributed by atoms with Crippen LogP contribution in [0, 0.1) is 0 Å². The monoisotopic (exact) mass is 306 g/mol. The van der Waals surface area contributed by atoms with Gasteiger partial charge in [0.05, 0.1) is 0 Å². The number of anilines is 1. The minimum atomic E-state index is 0.865. The number of hydrogen-bond donors (Lipinski definition) is 0. The molecule has 2 aromatic heterocycles. The van der Waals surface area contributed by atoms with Gasteiger partial charge in [0, 0.05) is 56.2 Å². The number of benzene rings is 1. The summed E-state index contributed by atoms with van der Waals surface area (Å²) in [5, 5.41) is 1.26. The van der Waals surface area contributed by atoms with E-state index in [2.05, 4.69) is 75.1 Å². The Kier molecular flexibility index (Phi) is 3.75. The summed E-state index contributed by atoms with van der Waals surface area (Å²) >= 11 is 0. The highest BCUT2D eigenvalue weighted by Gasteiger charge is 2.17. The maximum atomic E-state index is 4.63. The first-order chi connectivity index (χ1) is 11.3. The minimum Gasteiger partial charge on any atom is -0.368 e. The highest BCUT2D eigenvalue weighted by Crippen LogP contribution is 2.27. The van der Waals surface area contributed by atoms with E-state index in [1.54, 1.807) is 0 Å². The molecule has 0 saturated carbocycles. The lowest BCUT2D eigenvalue weighted by Gasteiger charge is -2.34. The third kappa shape index (κ3) is 2.82. The molecule has 4 heteroatoms. The van der Waals surface area contributed by atoms with Crippen LogP contribution in [0.25, 0.3) is 11.0 Å². The van der Waals surface area contributed by atoms with Gasteiger partial charge in [-0.25, -0.2) is 4.98 Å². The predicted molar refractivity (Wildman–Crippen MR) is 95.0 cm³/mol. The van der Waals surface area contributed by atoms with Crippen molar-refractivity contribution in [3.05, 3.63) is 60.4 Å². The largest absolute Gasteiger partial charge is 0.368 e. The summed E-state index contributed by atoms with van der Waals surface area (Å²) in [6.45, 7) is 5.27. The van der Waals surface area contributed by atoms with Gasteiger partial charge in [-0.1, -0.05) is 30.3 Å². The number of rotatable bonds is 3. The fraction of sp³-hybridized carbons (Fsp3) is 0.316. The van der Waals surface area contributed by atoms with Gasteiger partial charge in [-0.2, -0.15) is 0 Å². The van der Waals surface area contributed by atoms with E-state index in [1.165, 1.54) is 16.6 Å². The van der Waals surface area contributed by atoms with E-state index < -0.39 is 0 Å². The highest BCUT2D eigenvalue weighted by atomic mass is 15.2. The Morgan fingerprint density at radius 2 is 1.74 bits per heavy atom. The van der Waals surface area contributed by atoms with Gasteiger partial charge in [0.2, 0.25) is 0 Å². The first-order valence-corrected chi connectivity index (χ1v) is 8.22. The van der Waals surface area contributed by atoms with Crippen LogP contribution in [0.15, 0.2) is 54.9 Å². The van der Waals surface area contributed by atoms with E-state index in [0.717, 1.165) is 38.4 Å². The number of fused-ring (bicyclic) bond motifs is 1. The van der Waals surface area contributed by atoms with Crippen molar-refractivity contribution in [1.82, 2.24) is 14.5 Å². The molecule has 0 unspecified atom stereocenters. The Morgan fingerprint density at radius 1 is 0.957 bits per heavy atom. The van der Waals surface area contributed by atoms with Gasteiger partial charge >= 0.3 is 0 Å². The Hall–Kier alpha value is -2.33. The standard InChI is InChI=1S/C19H22N4/c1-21-11-13-22(14-12-21)18-7-9-20-19-17(18)8-10-23(19)15-16-5-3-2-4-6-16/h2-10H,11-15H2,1H3. The van der Waals surface area contributed by atoms with Gasteiger partial charge in [0.1, 0.15) is 5.65 Å². The lowest BCUT2D eigenvalue weighted by atomic mass is 10.2. The summed E-state index contributed by atoms with van der Waals surface area (Å²) in [6.07, 6.45) is 4.10. The van der Waals surface area contributed by atoms with Crippen LogP contribution in [0.5, 0.6) is 0 Å². The number of pyridine rings is 1. The topological polar surface area (TPSA) is 24.3 Å². The van der Waals surface area contributed by atoms with Gasteiger partial charge in [-0.15, -0.1) is 0 Å². The first kappa shape index (κ1) is 14.3. The average Bonchev–Trinajstić information content (AvgIpc) is 3.00. The molecule has 1 aliphatic rings. The lowest BCUT2D eigenvalue weighted by molar-refractivity contribution is 0.313. The molecular weight excluding hydrogens is 284 g/mol. The van der Waals surface area contributed by atoms with Crippen LogP contribution >= 0.6 is 0 Å². The van der Waals surface area contributed by atoms with Crippen LogP contribution in [-0.2, 0) is 6.54 Å². The smallest absolute Gasteiger partial charge is 0.142 e. The second kappa shape index (κ2) is 6.05. The molecule has 0 bridgehead atoms. The number of piperazine rings is 1. The molecule has 4 rings (SSSR count). The van der Waals surface area contributed by atoms with Crippen LogP contribution in [0.3, 0.4) is 0 Å². The fourth-order valence-electron chi connectivity index (χ4n) is 3.31. The molecule has 1 aromatic carbocycles. The van der Waals surface area contributed by atoms with E-state index in [4.69, 9.17) is 0 Å². The molecule has 0 amide bonds. The van der Waals surface area contributed by atoms with E-state index >= 15 is 0 Å². The second-order valence-electron chi connectivity index (χ2n) is 6.29. The van der Waals surface area contributed by atoms with Crippen LogP contribution in [0.2, 0.25) is 0 Å². The zero-order valence-electron chi connectivity index (χ0n) is 13.5. The number of likely N-dealkylation sites (N-methyl/N-ethyl adjacent to an activating group) is 1. The second-order valence-corrected chi connectivity index (χ2v) is 6.29. The molecule has 0 N–H and O–H groups in total. The summed E-state index contributed by atoms with van der Waals surface area (Å²) in [5.41, 5.74) is 3.69. The average molecular weight is 306 g/mol. The van der Waals surface area contributed by atoms with Crippen molar-refractivity contribution in [2.45, 2.75) is 6.54 Å². The summed E-state index contributed by atoms with van der Waals surface area (Å²) < 4.78 is 2.24. The highest BCUT2D eigenvalue weighted by molar-refractivity contribution is 5.90. The molecule has 118 valence electrons. The zero-order chi connectivity index (χ0) is 15.6. The summed E-state index contributed by atoms with van der Waals surface area (Å²) in [7, 11) is 2.19. The van der Waals surface area contributed by atoms with Gasteiger partial charge in [0.15, 0.2) is 0 Å². The molecule has 3 aromatic rings. The van der Waals surface area contributed by atoms with E-state index in [9.17, 15) is 0 Å². The van der Waals surface area contributed by atoms with Crippen molar-refractivity contribution in [2.24, 2.45) is 0 Å². The normalized spacial score (nSPS) is 16.1. The SMILES string of the molecule is CN1CCN(c2ccnc3c2ccn3Cc2ccccc2)CC1. The summed E-state index contributed by atoms with van der Waals surface area (Å²) in [4.78, 5) is 9.50. The van der Waals surface area contributed by atoms with Crippen molar-refractivity contribution in [2.75, 3.05) is 38.1 Å². The van der Waals surface area contributed by atoms with Crippen LogP contribution in [0.4, 0.5) is 5.69 Å². The van der Waals surface area contributed by atoms with Crippen LogP contribution < -0.4 is 4.90 Å². The van der Waals surface area contributed by atoms with Crippen molar-refractivity contribution in [3.63, 3.8) is 0 Å². The molecular formula is C19H22N4. The van der Waals surface area contributed by atoms with Crippen molar-refractivity contribution < 1.29 is 0 Å². The molecule has 1 fully saturated rings. The molecule has 1 aliphatic heterocycles. The Labute approximate surface area is 137 Å². The van der Waals surface area contributed by atoms with Gasteiger partial charge in [-0.05, 0) is 24.7 Å². The molecule has 0 aliphatic carbocycles. The van der Waals surface area contributed by atoms with Crippen molar-refractivity contribution in [1.29, 1.82) is 0 Å².